The summed E-state index contributed by atoms with van der Waals surface area (Å²) in [5, 5.41) is 3.07. The van der Waals surface area contributed by atoms with Crippen LogP contribution in [0.1, 0.15) is 348 Å². The van der Waals surface area contributed by atoms with Gasteiger partial charge in [-0.3, -0.25) is 18.6 Å². The van der Waals surface area contributed by atoms with Crippen molar-refractivity contribution in [3.05, 3.63) is 97.2 Å². The molecule has 2 N–H and O–H groups in total. The van der Waals surface area contributed by atoms with Crippen LogP contribution < -0.4 is 5.32 Å². The number of quaternary nitrogens is 1. The Morgan fingerprint density at radius 3 is 1.08 bits per heavy atom. The van der Waals surface area contributed by atoms with Crippen molar-refractivity contribution in [3.63, 3.8) is 0 Å². The number of phosphoric ester groups is 1. The number of likely N-dealkylation sites (N-methyl/N-ethyl adjacent to an activating group) is 1. The van der Waals surface area contributed by atoms with Gasteiger partial charge in [0.15, 0.2) is 0 Å². The van der Waals surface area contributed by atoms with Gasteiger partial charge in [-0.05, 0) is 109 Å². The molecule has 0 radical (unpaired) electrons. The van der Waals surface area contributed by atoms with Crippen LogP contribution in [0.5, 0.6) is 0 Å². The maximum Gasteiger partial charge on any atom is 0.472 e. The molecule has 1 amide bonds. The third-order valence-corrected chi connectivity index (χ3v) is 17.7. The number of allylic oxidation sites excluding steroid dienone is 15. The molecule has 0 rings (SSSR count). The van der Waals surface area contributed by atoms with Crippen molar-refractivity contribution in [3.8, 4) is 0 Å². The molecule has 3 atom stereocenters. The maximum absolute atomic E-state index is 13.6. The van der Waals surface area contributed by atoms with Crippen LogP contribution in [-0.4, -0.2) is 74.3 Å². The molecule has 522 valence electrons. The minimum absolute atomic E-state index is 0.0342. The summed E-state index contributed by atoms with van der Waals surface area (Å²) in [5.41, 5.74) is 0. The fourth-order valence-electron chi connectivity index (χ4n) is 10.9. The molecule has 0 fully saturated rings. The normalized spacial score (nSPS) is 14.0. The fourth-order valence-corrected chi connectivity index (χ4v) is 11.7. The molecule has 0 aromatic carbocycles. The molecule has 0 aliphatic carbocycles. The average Bonchev–Trinajstić information content (AvgIpc) is 3.11. The number of nitrogens with one attached hydrogen (secondary N) is 1. The van der Waals surface area contributed by atoms with Crippen LogP contribution in [-0.2, 0) is 27.9 Å². The smallest absolute Gasteiger partial charge is 0.456 e. The number of phosphoric acid groups is 1. The zero-order valence-electron chi connectivity index (χ0n) is 59.9. The molecule has 3 unspecified atom stereocenters. The second kappa shape index (κ2) is 68.8. The van der Waals surface area contributed by atoms with Crippen molar-refractivity contribution in [2.45, 2.75) is 360 Å². The number of esters is 1. The molecule has 0 heterocycles. The summed E-state index contributed by atoms with van der Waals surface area (Å²) in [4.78, 5) is 38.0. The first-order valence-corrected chi connectivity index (χ1v) is 39.6. The van der Waals surface area contributed by atoms with Gasteiger partial charge in [0.2, 0.25) is 5.91 Å². The number of hydrogen-bond donors (Lipinski definition) is 2. The second-order valence-corrected chi connectivity index (χ2v) is 28.2. The molecule has 9 nitrogen and oxygen atoms in total. The quantitative estimate of drug-likeness (QED) is 0.0205. The highest BCUT2D eigenvalue weighted by Gasteiger charge is 2.30. The molecule has 0 aliphatic rings. The van der Waals surface area contributed by atoms with Crippen LogP contribution in [0.15, 0.2) is 97.2 Å². The third kappa shape index (κ3) is 69.3. The lowest BCUT2D eigenvalue weighted by Gasteiger charge is -2.27. The molecule has 90 heavy (non-hydrogen) atoms. The summed E-state index contributed by atoms with van der Waals surface area (Å²) < 4.78 is 30.9. The Labute approximate surface area is 558 Å². The fraction of sp³-hybridized carbons (Fsp3) is 0.775. The van der Waals surface area contributed by atoms with Gasteiger partial charge in [-0.15, -0.1) is 0 Å². The Bertz CT molecular complexity index is 1860. The van der Waals surface area contributed by atoms with Gasteiger partial charge in [0.1, 0.15) is 19.3 Å². The van der Waals surface area contributed by atoms with Crippen molar-refractivity contribution in [2.75, 3.05) is 40.9 Å². The van der Waals surface area contributed by atoms with Crippen molar-refractivity contribution in [2.24, 2.45) is 0 Å². The van der Waals surface area contributed by atoms with E-state index in [1.165, 1.54) is 193 Å². The Kier molecular flexibility index (Phi) is 66.4. The van der Waals surface area contributed by atoms with Crippen molar-refractivity contribution < 1.29 is 37.3 Å². The number of amides is 1. The lowest BCUT2D eigenvalue weighted by atomic mass is 10.0. The first kappa shape index (κ1) is 86.9. The first-order chi connectivity index (χ1) is 43.9. The molecular weight excluding hydrogens is 1130 g/mol. The van der Waals surface area contributed by atoms with Gasteiger partial charge in [-0.2, -0.15) is 0 Å². The maximum atomic E-state index is 13.6. The highest BCUT2D eigenvalue weighted by Crippen LogP contribution is 2.43. The Hall–Kier alpha value is -3.07. The number of carbonyl (C=O) groups excluding carboxylic acids is 2. The molecule has 0 aromatic rings. The van der Waals surface area contributed by atoms with Crippen LogP contribution >= 0.6 is 7.82 Å². The predicted molar refractivity (Wildman–Crippen MR) is 392 cm³/mol. The number of ether oxygens (including phenoxy) is 1. The van der Waals surface area contributed by atoms with E-state index in [-0.39, 0.29) is 31.5 Å². The average molecular weight is 1280 g/mol. The van der Waals surface area contributed by atoms with Crippen LogP contribution in [0.25, 0.3) is 0 Å². The third-order valence-electron chi connectivity index (χ3n) is 16.8. The van der Waals surface area contributed by atoms with Gasteiger partial charge in [-0.1, -0.05) is 324 Å². The summed E-state index contributed by atoms with van der Waals surface area (Å²) in [5.74, 6) is -0.513. The standard InChI is InChI=1S/C80H145N2O7P/c1-7-10-13-16-19-22-25-28-30-32-34-36-38-40-41-43-45-47-49-51-53-55-58-61-64-67-70-73-80(84)89-78(71-68-65-62-59-56-27-24-21-18-15-12-9-3)77(76-88-90(85,86)87-75-74-82(4,5)6)81-79(83)72-69-66-63-60-57-54-52-50-48-46-44-42-39-37-35-33-31-29-26-23-20-17-14-11-8-2/h11,14,20,23,28-31,35,37,42,44,48,50,68,71,77-78H,7-10,12-13,15-19,21-22,24-27,32-34,36,38-41,43,45-47,49,51-67,69-70,72-76H2,1-6H3,(H-,81,83,85,86)/p+1/b14-11-,23-20-,30-28+,31-29-,37-35-,44-42-,50-48-,71-68+. The highest BCUT2D eigenvalue weighted by atomic mass is 31.2. The number of hydrogen-bond acceptors (Lipinski definition) is 6. The van der Waals surface area contributed by atoms with Gasteiger partial charge in [-0.25, -0.2) is 4.57 Å². The van der Waals surface area contributed by atoms with Crippen LogP contribution in [0.2, 0.25) is 0 Å². The minimum atomic E-state index is -4.47. The van der Waals surface area contributed by atoms with E-state index in [0.717, 1.165) is 122 Å². The summed E-state index contributed by atoms with van der Waals surface area (Å²) >= 11 is 0. The van der Waals surface area contributed by atoms with Crippen LogP contribution in [0.3, 0.4) is 0 Å². The van der Waals surface area contributed by atoms with Gasteiger partial charge in [0, 0.05) is 12.8 Å². The zero-order chi connectivity index (χ0) is 65.6. The molecule has 0 aliphatic heterocycles. The van der Waals surface area contributed by atoms with E-state index in [1.807, 2.05) is 33.3 Å². The molecule has 0 bridgehead atoms. The van der Waals surface area contributed by atoms with E-state index in [2.05, 4.69) is 111 Å². The SMILES string of the molecule is CC/C=C\C/C=C\C/C=C\C/C=C\C/C=C\C/C=C\CCCCCCCCC(=O)NC(COP(=O)(O)OCC[N+](C)(C)C)C(/C=C/CCCCCCCCCCCC)OC(=O)CCCCCCCCCCCCCCCCCCC/C=C/CCCCCCCC. The number of carbonyl (C=O) groups is 2. The largest absolute Gasteiger partial charge is 0.472 e. The summed E-state index contributed by atoms with van der Waals surface area (Å²) in [7, 11) is 1.49. The van der Waals surface area contributed by atoms with Gasteiger partial charge < -0.3 is 19.4 Å². The number of unbranched alkanes of at least 4 members (excludes halogenated alkanes) is 39. The van der Waals surface area contributed by atoms with Gasteiger partial charge >= 0.3 is 13.8 Å². The predicted octanol–water partition coefficient (Wildman–Crippen LogP) is 24.6. The Morgan fingerprint density at radius 1 is 0.400 bits per heavy atom. The summed E-state index contributed by atoms with van der Waals surface area (Å²) in [6, 6.07) is -0.862. The molecule has 0 aromatic heterocycles. The van der Waals surface area contributed by atoms with E-state index in [1.54, 1.807) is 0 Å². The second-order valence-electron chi connectivity index (χ2n) is 26.8. The van der Waals surface area contributed by atoms with E-state index in [0.29, 0.717) is 17.4 Å². The van der Waals surface area contributed by atoms with Crippen molar-refractivity contribution >= 4 is 19.7 Å². The molecule has 0 saturated carbocycles. The molecule has 10 heteroatoms. The van der Waals surface area contributed by atoms with E-state index < -0.39 is 20.0 Å². The minimum Gasteiger partial charge on any atom is -0.456 e. The monoisotopic (exact) mass is 1280 g/mol. The number of rotatable bonds is 69. The molecule has 0 saturated heterocycles. The summed E-state index contributed by atoms with van der Waals surface area (Å²) in [6.07, 6.45) is 94.3. The van der Waals surface area contributed by atoms with Gasteiger partial charge in [0.25, 0.3) is 0 Å². The van der Waals surface area contributed by atoms with Crippen LogP contribution in [0, 0.1) is 0 Å². The van der Waals surface area contributed by atoms with E-state index in [9.17, 15) is 19.0 Å². The zero-order valence-corrected chi connectivity index (χ0v) is 60.8. The molecular formula is C80H146N2O7P+. The lowest BCUT2D eigenvalue weighted by molar-refractivity contribution is -0.870. The van der Waals surface area contributed by atoms with Gasteiger partial charge in [0.05, 0.1) is 33.8 Å². The Morgan fingerprint density at radius 2 is 0.711 bits per heavy atom. The highest BCUT2D eigenvalue weighted by molar-refractivity contribution is 7.47. The lowest BCUT2D eigenvalue weighted by Crippen LogP contribution is -2.47. The van der Waals surface area contributed by atoms with E-state index in [4.69, 9.17) is 13.8 Å². The summed E-state index contributed by atoms with van der Waals surface area (Å²) in [6.45, 7) is 6.92. The van der Waals surface area contributed by atoms with E-state index >= 15 is 0 Å². The van der Waals surface area contributed by atoms with Crippen LogP contribution in [0.4, 0.5) is 0 Å². The van der Waals surface area contributed by atoms with Crippen molar-refractivity contribution in [1.82, 2.24) is 5.32 Å². The first-order valence-electron chi connectivity index (χ1n) is 38.1. The number of nitrogens with zero attached hydrogens (tertiary/aromatic N) is 1. The van der Waals surface area contributed by atoms with Crippen molar-refractivity contribution in [1.29, 1.82) is 0 Å². The molecule has 0 spiro atoms. The topological polar surface area (TPSA) is 111 Å². The Balaban J connectivity index is 5.01.